The average Bonchev–Trinajstić information content (AvgIpc) is 3.05. The fourth-order valence-electron chi connectivity index (χ4n) is 2.62. The van der Waals surface area contributed by atoms with Crippen molar-refractivity contribution in [2.24, 2.45) is 5.92 Å². The summed E-state index contributed by atoms with van der Waals surface area (Å²) in [6.07, 6.45) is 3.92. The van der Waals surface area contributed by atoms with Crippen LogP contribution in [0.15, 0.2) is 60.0 Å². The monoisotopic (exact) mass is 381 g/mol. The molecule has 27 heavy (non-hydrogen) atoms. The van der Waals surface area contributed by atoms with E-state index in [9.17, 15) is 4.79 Å². The third-order valence-corrected chi connectivity index (χ3v) is 4.79. The van der Waals surface area contributed by atoms with Gasteiger partial charge in [-0.1, -0.05) is 43.8 Å². The second kappa shape index (κ2) is 9.32. The van der Waals surface area contributed by atoms with Crippen LogP contribution in [-0.4, -0.2) is 31.4 Å². The van der Waals surface area contributed by atoms with E-state index in [4.69, 9.17) is 0 Å². The number of carbonyl (C=O) groups is 1. The highest BCUT2D eigenvalue weighted by Crippen LogP contribution is 2.25. The quantitative estimate of drug-likeness (QED) is 0.594. The molecule has 0 radical (unpaired) electrons. The fraction of sp³-hybridized carbons (Fsp3) is 0.300. The van der Waals surface area contributed by atoms with E-state index in [1.54, 1.807) is 24.2 Å². The summed E-state index contributed by atoms with van der Waals surface area (Å²) in [6, 6.07) is 13.4. The van der Waals surface area contributed by atoms with Crippen molar-refractivity contribution in [3.05, 3.63) is 54.9 Å². The van der Waals surface area contributed by atoms with E-state index in [1.165, 1.54) is 0 Å². The van der Waals surface area contributed by atoms with Crippen LogP contribution in [0.2, 0.25) is 0 Å². The number of thioether (sulfide) groups is 1. The molecule has 2 heterocycles. The molecule has 0 aliphatic rings. The van der Waals surface area contributed by atoms with Crippen LogP contribution in [0, 0.1) is 5.92 Å². The molecule has 0 fully saturated rings. The van der Waals surface area contributed by atoms with Gasteiger partial charge in [0.1, 0.15) is 0 Å². The normalized spacial score (nSPS) is 10.9. The Kier molecular flexibility index (Phi) is 6.59. The second-order valence-electron chi connectivity index (χ2n) is 6.56. The Morgan fingerprint density at radius 2 is 1.85 bits per heavy atom. The van der Waals surface area contributed by atoms with Crippen molar-refractivity contribution in [1.29, 1.82) is 0 Å². The summed E-state index contributed by atoms with van der Waals surface area (Å²) in [6.45, 7) is 5.15. The number of benzene rings is 1. The molecule has 0 spiro atoms. The van der Waals surface area contributed by atoms with Crippen molar-refractivity contribution >= 4 is 23.4 Å². The number of amides is 1. The lowest BCUT2D eigenvalue weighted by Crippen LogP contribution is -2.12. The topological polar surface area (TPSA) is 72.7 Å². The third-order valence-electron chi connectivity index (χ3n) is 3.82. The fourth-order valence-corrected chi connectivity index (χ4v) is 3.51. The van der Waals surface area contributed by atoms with Gasteiger partial charge in [-0.15, -0.1) is 10.2 Å². The van der Waals surface area contributed by atoms with Crippen LogP contribution in [0.4, 0.5) is 5.69 Å². The van der Waals surface area contributed by atoms with Crippen LogP contribution in [0.5, 0.6) is 0 Å². The Bertz CT molecular complexity index is 865. The summed E-state index contributed by atoms with van der Waals surface area (Å²) >= 11 is 1.56. The molecule has 1 N–H and O–H groups in total. The molecule has 6 nitrogen and oxygen atoms in total. The van der Waals surface area contributed by atoms with E-state index in [0.29, 0.717) is 18.1 Å². The maximum Gasteiger partial charge on any atom is 0.225 e. The van der Waals surface area contributed by atoms with Gasteiger partial charge < -0.3 is 9.88 Å². The number of hydrogen-bond acceptors (Lipinski definition) is 5. The van der Waals surface area contributed by atoms with Crippen molar-refractivity contribution < 1.29 is 4.79 Å². The average molecular weight is 382 g/mol. The number of nitrogens with zero attached hydrogens (tertiary/aromatic N) is 4. The summed E-state index contributed by atoms with van der Waals surface area (Å²) in [7, 11) is 0. The minimum absolute atomic E-state index is 0.00187. The van der Waals surface area contributed by atoms with E-state index in [1.807, 2.05) is 42.5 Å². The van der Waals surface area contributed by atoms with Crippen molar-refractivity contribution in [2.45, 2.75) is 32.0 Å². The maximum absolute atomic E-state index is 12.1. The van der Waals surface area contributed by atoms with Crippen molar-refractivity contribution in [3.8, 4) is 11.4 Å². The van der Waals surface area contributed by atoms with Gasteiger partial charge in [0, 0.05) is 42.4 Å². The molecule has 2 aromatic heterocycles. The first kappa shape index (κ1) is 19.1. The summed E-state index contributed by atoms with van der Waals surface area (Å²) in [4.78, 5) is 16.2. The van der Waals surface area contributed by atoms with Gasteiger partial charge in [-0.25, -0.2) is 0 Å². The van der Waals surface area contributed by atoms with Crippen LogP contribution in [-0.2, 0) is 11.3 Å². The lowest BCUT2D eigenvalue weighted by atomic mass is 10.2. The summed E-state index contributed by atoms with van der Waals surface area (Å²) < 4.78 is 2.12. The largest absolute Gasteiger partial charge is 0.326 e. The first-order valence-electron chi connectivity index (χ1n) is 8.95. The van der Waals surface area contributed by atoms with Gasteiger partial charge in [0.15, 0.2) is 11.0 Å². The van der Waals surface area contributed by atoms with Gasteiger partial charge in [-0.2, -0.15) is 0 Å². The van der Waals surface area contributed by atoms with Crippen molar-refractivity contribution in [3.63, 3.8) is 0 Å². The lowest BCUT2D eigenvalue weighted by molar-refractivity contribution is -0.115. The van der Waals surface area contributed by atoms with Gasteiger partial charge in [0.05, 0.1) is 0 Å². The lowest BCUT2D eigenvalue weighted by Gasteiger charge is -2.12. The molecule has 0 saturated heterocycles. The number of carbonyl (C=O) groups excluding carboxylic acids is 1. The molecule has 140 valence electrons. The molecule has 7 heteroatoms. The summed E-state index contributed by atoms with van der Waals surface area (Å²) in [5.74, 6) is 1.94. The molecule has 3 rings (SSSR count). The Morgan fingerprint density at radius 1 is 1.11 bits per heavy atom. The molecule has 3 aromatic rings. The smallest absolute Gasteiger partial charge is 0.225 e. The SMILES string of the molecule is CC(C)Cn1c(SCCC(=O)Nc2ccccc2)nnc1-c1ccncc1. The first-order chi connectivity index (χ1) is 13.1. The Morgan fingerprint density at radius 3 is 2.56 bits per heavy atom. The molecule has 0 atom stereocenters. The molecule has 0 aliphatic carbocycles. The van der Waals surface area contributed by atoms with Gasteiger partial charge in [0.25, 0.3) is 0 Å². The second-order valence-corrected chi connectivity index (χ2v) is 7.62. The predicted octanol–water partition coefficient (Wildman–Crippen LogP) is 4.12. The minimum Gasteiger partial charge on any atom is -0.326 e. The Balaban J connectivity index is 1.64. The molecular formula is C20H23N5OS. The number of nitrogens with one attached hydrogen (secondary N) is 1. The number of aromatic nitrogens is 4. The molecule has 0 bridgehead atoms. The van der Waals surface area contributed by atoms with Crippen LogP contribution < -0.4 is 5.32 Å². The zero-order valence-corrected chi connectivity index (χ0v) is 16.3. The number of hydrogen-bond donors (Lipinski definition) is 1. The Hall–Kier alpha value is -2.67. The number of anilines is 1. The molecule has 1 amide bonds. The zero-order chi connectivity index (χ0) is 19.1. The van der Waals surface area contributed by atoms with E-state index in [0.717, 1.165) is 28.8 Å². The highest BCUT2D eigenvalue weighted by molar-refractivity contribution is 7.99. The predicted molar refractivity (Wildman–Crippen MR) is 109 cm³/mol. The Labute approximate surface area is 163 Å². The molecule has 1 aromatic carbocycles. The van der Waals surface area contributed by atoms with E-state index >= 15 is 0 Å². The molecular weight excluding hydrogens is 358 g/mol. The van der Waals surface area contributed by atoms with Gasteiger partial charge in [0.2, 0.25) is 5.91 Å². The third kappa shape index (κ3) is 5.40. The van der Waals surface area contributed by atoms with Crippen molar-refractivity contribution in [2.75, 3.05) is 11.1 Å². The van der Waals surface area contributed by atoms with Crippen LogP contribution in [0.1, 0.15) is 20.3 Å². The summed E-state index contributed by atoms with van der Waals surface area (Å²) in [5, 5.41) is 12.5. The molecule has 0 saturated carbocycles. The zero-order valence-electron chi connectivity index (χ0n) is 15.5. The van der Waals surface area contributed by atoms with Gasteiger partial charge in [-0.05, 0) is 30.2 Å². The summed E-state index contributed by atoms with van der Waals surface area (Å²) in [5.41, 5.74) is 1.81. The maximum atomic E-state index is 12.1. The van der Waals surface area contributed by atoms with E-state index in [-0.39, 0.29) is 5.91 Å². The van der Waals surface area contributed by atoms with Gasteiger partial charge >= 0.3 is 0 Å². The number of rotatable bonds is 8. The van der Waals surface area contributed by atoms with Gasteiger partial charge in [-0.3, -0.25) is 9.78 Å². The molecule has 0 unspecified atom stereocenters. The number of pyridine rings is 1. The van der Waals surface area contributed by atoms with Crippen LogP contribution in [0.25, 0.3) is 11.4 Å². The first-order valence-corrected chi connectivity index (χ1v) is 9.93. The van der Waals surface area contributed by atoms with Crippen LogP contribution >= 0.6 is 11.8 Å². The number of para-hydroxylation sites is 1. The van der Waals surface area contributed by atoms with E-state index < -0.39 is 0 Å². The highest BCUT2D eigenvalue weighted by atomic mass is 32.2. The standard InChI is InChI=1S/C20H23N5OS/c1-15(2)14-25-19(16-8-11-21-12-9-16)23-24-20(25)27-13-10-18(26)22-17-6-4-3-5-7-17/h3-9,11-12,15H,10,13-14H2,1-2H3,(H,22,26). The van der Waals surface area contributed by atoms with E-state index in [2.05, 4.69) is 38.9 Å². The van der Waals surface area contributed by atoms with Crippen LogP contribution in [0.3, 0.4) is 0 Å². The van der Waals surface area contributed by atoms with Crippen molar-refractivity contribution in [1.82, 2.24) is 19.7 Å². The minimum atomic E-state index is -0.00187. The molecule has 0 aliphatic heterocycles. The highest BCUT2D eigenvalue weighted by Gasteiger charge is 2.15.